The van der Waals surface area contributed by atoms with Crippen molar-refractivity contribution in [3.05, 3.63) is 48.3 Å². The molecule has 19 heavy (non-hydrogen) atoms. The minimum atomic E-state index is -3.85. The van der Waals surface area contributed by atoms with Crippen LogP contribution in [0.5, 0.6) is 0 Å². The van der Waals surface area contributed by atoms with Crippen LogP contribution >= 0.6 is 11.8 Å². The second-order valence-corrected chi connectivity index (χ2v) is 6.41. The number of nitrogen functional groups attached to an aromatic ring is 1. The highest BCUT2D eigenvalue weighted by atomic mass is 32.2. The van der Waals surface area contributed by atoms with E-state index in [0.717, 1.165) is 4.90 Å². The van der Waals surface area contributed by atoms with Gasteiger partial charge in [0.05, 0.1) is 5.69 Å². The van der Waals surface area contributed by atoms with E-state index in [9.17, 15) is 12.8 Å². The van der Waals surface area contributed by atoms with E-state index in [4.69, 9.17) is 10.9 Å². The van der Waals surface area contributed by atoms with E-state index in [1.807, 2.05) is 0 Å². The Balaban J connectivity index is 2.39. The molecule has 0 spiro atoms. The van der Waals surface area contributed by atoms with Crippen LogP contribution in [0.4, 0.5) is 10.1 Å². The lowest BCUT2D eigenvalue weighted by Gasteiger charge is -2.09. The van der Waals surface area contributed by atoms with Crippen molar-refractivity contribution in [1.29, 1.82) is 0 Å². The van der Waals surface area contributed by atoms with Crippen molar-refractivity contribution in [2.45, 2.75) is 14.7 Å². The first-order valence-corrected chi connectivity index (χ1v) is 7.59. The average Bonchev–Trinajstić information content (AvgIpc) is 2.33. The molecule has 4 N–H and O–H groups in total. The molecule has 0 aliphatic heterocycles. The summed E-state index contributed by atoms with van der Waals surface area (Å²) in [5, 5.41) is 5.07. The quantitative estimate of drug-likeness (QED) is 0.851. The van der Waals surface area contributed by atoms with Crippen LogP contribution < -0.4 is 10.9 Å². The SMILES string of the molecule is Nc1c(Sc2ccc(F)cc2)cccc1S(N)(=O)=O. The molecule has 0 aromatic heterocycles. The maximum Gasteiger partial charge on any atom is 0.240 e. The molecule has 4 nitrogen and oxygen atoms in total. The standard InChI is InChI=1S/C12H11FN2O2S2/c13-8-4-6-9(7-5-8)18-10-2-1-3-11(12(10)14)19(15,16)17/h1-7H,14H2,(H2,15,16,17). The van der Waals surface area contributed by atoms with E-state index >= 15 is 0 Å². The number of sulfonamides is 1. The number of halogens is 1. The van der Waals surface area contributed by atoms with Gasteiger partial charge in [0.2, 0.25) is 10.0 Å². The maximum atomic E-state index is 12.8. The highest BCUT2D eigenvalue weighted by Gasteiger charge is 2.15. The summed E-state index contributed by atoms with van der Waals surface area (Å²) in [6.45, 7) is 0. The minimum absolute atomic E-state index is 0.0966. The van der Waals surface area contributed by atoms with Gasteiger partial charge in [-0.1, -0.05) is 17.8 Å². The Morgan fingerprint density at radius 2 is 1.68 bits per heavy atom. The van der Waals surface area contributed by atoms with Crippen molar-refractivity contribution in [2.75, 3.05) is 5.73 Å². The zero-order chi connectivity index (χ0) is 14.0. The summed E-state index contributed by atoms with van der Waals surface area (Å²) in [6.07, 6.45) is 0. The van der Waals surface area contributed by atoms with Gasteiger partial charge in [-0.15, -0.1) is 0 Å². The van der Waals surface area contributed by atoms with E-state index in [0.29, 0.717) is 4.90 Å². The molecule has 2 aromatic carbocycles. The third-order valence-corrected chi connectivity index (χ3v) is 4.43. The zero-order valence-corrected chi connectivity index (χ0v) is 11.3. The normalized spacial score (nSPS) is 11.5. The van der Waals surface area contributed by atoms with Crippen molar-refractivity contribution in [3.8, 4) is 0 Å². The first-order valence-electron chi connectivity index (χ1n) is 5.22. The van der Waals surface area contributed by atoms with Gasteiger partial charge >= 0.3 is 0 Å². The van der Waals surface area contributed by atoms with Gasteiger partial charge in [-0.05, 0) is 36.4 Å². The highest BCUT2D eigenvalue weighted by Crippen LogP contribution is 2.34. The molecule has 0 aliphatic carbocycles. The topological polar surface area (TPSA) is 86.2 Å². The molecule has 0 bridgehead atoms. The summed E-state index contributed by atoms with van der Waals surface area (Å²) in [4.78, 5) is 1.19. The number of para-hydroxylation sites is 1. The second kappa shape index (κ2) is 5.20. The molecular weight excluding hydrogens is 287 g/mol. The van der Waals surface area contributed by atoms with E-state index < -0.39 is 10.0 Å². The highest BCUT2D eigenvalue weighted by molar-refractivity contribution is 7.99. The zero-order valence-electron chi connectivity index (χ0n) is 9.71. The molecule has 0 aliphatic rings. The molecule has 0 unspecified atom stereocenters. The molecule has 0 atom stereocenters. The van der Waals surface area contributed by atoms with Gasteiger partial charge in [0.1, 0.15) is 10.7 Å². The Morgan fingerprint density at radius 3 is 2.26 bits per heavy atom. The molecule has 0 saturated heterocycles. The van der Waals surface area contributed by atoms with Gasteiger partial charge in [-0.2, -0.15) is 0 Å². The maximum absolute atomic E-state index is 12.8. The lowest BCUT2D eigenvalue weighted by Crippen LogP contribution is -2.14. The lowest BCUT2D eigenvalue weighted by molar-refractivity contribution is 0.598. The summed E-state index contributed by atoms with van der Waals surface area (Å²) in [5.74, 6) is -0.337. The van der Waals surface area contributed by atoms with Gasteiger partial charge in [0.25, 0.3) is 0 Å². The van der Waals surface area contributed by atoms with Crippen LogP contribution in [-0.4, -0.2) is 8.42 Å². The predicted molar refractivity (Wildman–Crippen MR) is 72.8 cm³/mol. The molecule has 0 saturated carbocycles. The molecular formula is C12H11FN2O2S2. The average molecular weight is 298 g/mol. The van der Waals surface area contributed by atoms with Crippen LogP contribution in [-0.2, 0) is 10.0 Å². The monoisotopic (exact) mass is 298 g/mol. The fourth-order valence-corrected chi connectivity index (χ4v) is 3.13. The summed E-state index contributed by atoms with van der Waals surface area (Å²) < 4.78 is 35.5. The van der Waals surface area contributed by atoms with Gasteiger partial charge in [-0.3, -0.25) is 0 Å². The summed E-state index contributed by atoms with van der Waals surface area (Å²) in [6, 6.07) is 10.4. The van der Waals surface area contributed by atoms with Crippen LogP contribution in [0.3, 0.4) is 0 Å². The van der Waals surface area contributed by atoms with Crippen molar-refractivity contribution in [3.63, 3.8) is 0 Å². The Morgan fingerprint density at radius 1 is 1.05 bits per heavy atom. The Kier molecular flexibility index (Phi) is 3.79. The Bertz CT molecular complexity index is 700. The third-order valence-electron chi connectivity index (χ3n) is 2.37. The van der Waals surface area contributed by atoms with Crippen LogP contribution in [0.25, 0.3) is 0 Å². The largest absolute Gasteiger partial charge is 0.397 e. The van der Waals surface area contributed by atoms with Crippen LogP contribution in [0.2, 0.25) is 0 Å². The summed E-state index contributed by atoms with van der Waals surface area (Å²) >= 11 is 1.24. The first kappa shape index (κ1) is 13.9. The first-order chi connectivity index (χ1) is 8.88. The summed E-state index contributed by atoms with van der Waals surface area (Å²) in [7, 11) is -3.85. The fraction of sp³-hybridized carbons (Fsp3) is 0. The second-order valence-electron chi connectivity index (χ2n) is 3.77. The van der Waals surface area contributed by atoms with E-state index in [-0.39, 0.29) is 16.4 Å². The Hall–Kier alpha value is -1.57. The molecule has 0 radical (unpaired) electrons. The van der Waals surface area contributed by atoms with Gasteiger partial charge in [0.15, 0.2) is 0 Å². The molecule has 0 amide bonds. The number of rotatable bonds is 3. The fourth-order valence-electron chi connectivity index (χ4n) is 1.49. The smallest absolute Gasteiger partial charge is 0.240 e. The number of primary sulfonamides is 1. The van der Waals surface area contributed by atoms with E-state index in [1.54, 1.807) is 24.3 Å². The molecule has 0 heterocycles. The van der Waals surface area contributed by atoms with Crippen LogP contribution in [0.15, 0.2) is 57.2 Å². The summed E-state index contributed by atoms with van der Waals surface area (Å²) in [5.41, 5.74) is 5.89. The van der Waals surface area contributed by atoms with Crippen molar-refractivity contribution in [1.82, 2.24) is 0 Å². The van der Waals surface area contributed by atoms with Crippen LogP contribution in [0.1, 0.15) is 0 Å². The molecule has 0 fully saturated rings. The lowest BCUT2D eigenvalue weighted by atomic mass is 10.3. The van der Waals surface area contributed by atoms with Crippen molar-refractivity contribution in [2.24, 2.45) is 5.14 Å². The molecule has 7 heteroatoms. The van der Waals surface area contributed by atoms with Crippen molar-refractivity contribution < 1.29 is 12.8 Å². The van der Waals surface area contributed by atoms with Crippen molar-refractivity contribution >= 4 is 27.5 Å². The number of benzene rings is 2. The number of nitrogens with two attached hydrogens (primary N) is 2. The number of hydrogen-bond donors (Lipinski definition) is 2. The van der Waals surface area contributed by atoms with Gasteiger partial charge in [0, 0.05) is 9.79 Å². The van der Waals surface area contributed by atoms with E-state index in [2.05, 4.69) is 0 Å². The minimum Gasteiger partial charge on any atom is -0.397 e. The molecule has 2 rings (SSSR count). The third kappa shape index (κ3) is 3.25. The number of anilines is 1. The van der Waals surface area contributed by atoms with Gasteiger partial charge < -0.3 is 5.73 Å². The molecule has 2 aromatic rings. The van der Waals surface area contributed by atoms with Crippen LogP contribution in [0, 0.1) is 5.82 Å². The van der Waals surface area contributed by atoms with E-state index in [1.165, 1.54) is 30.0 Å². The van der Waals surface area contributed by atoms with Gasteiger partial charge in [-0.25, -0.2) is 17.9 Å². The molecule has 100 valence electrons. The Labute approximate surface area is 114 Å². The predicted octanol–water partition coefficient (Wildman–Crippen LogP) is 2.21. The number of hydrogen-bond acceptors (Lipinski definition) is 4.